The molecular weight excluding hydrogens is 349 g/mol. The highest BCUT2D eigenvalue weighted by Gasteiger charge is 2.31. The number of carbonyl (C=O) groups is 1. The molecule has 1 N–H and O–H groups in total. The van der Waals surface area contributed by atoms with E-state index in [9.17, 15) is 18.0 Å². The van der Waals surface area contributed by atoms with Crippen LogP contribution in [0.4, 0.5) is 18.9 Å². The molecule has 3 nitrogen and oxygen atoms in total. The van der Waals surface area contributed by atoms with Gasteiger partial charge in [0.25, 0.3) is 5.91 Å². The highest BCUT2D eigenvalue weighted by molar-refractivity contribution is 7.97. The van der Waals surface area contributed by atoms with Crippen molar-refractivity contribution in [2.45, 2.75) is 23.9 Å². The number of alkyl halides is 3. The van der Waals surface area contributed by atoms with E-state index in [4.69, 9.17) is 0 Å². The van der Waals surface area contributed by atoms with Gasteiger partial charge in [-0.2, -0.15) is 13.2 Å². The molecule has 132 valence electrons. The van der Waals surface area contributed by atoms with Crippen LogP contribution in [-0.2, 0) is 6.18 Å². The third-order valence-corrected chi connectivity index (χ3v) is 5.06. The molecule has 2 aromatic rings. The maximum Gasteiger partial charge on any atom is 0.416 e. The zero-order chi connectivity index (χ0) is 17.9. The van der Waals surface area contributed by atoms with Gasteiger partial charge >= 0.3 is 6.18 Å². The lowest BCUT2D eigenvalue weighted by molar-refractivity contribution is -0.137. The quantitative estimate of drug-likeness (QED) is 0.768. The second-order valence-electron chi connectivity index (χ2n) is 5.76. The molecule has 2 aromatic carbocycles. The molecule has 0 unspecified atom stereocenters. The molecule has 0 saturated carbocycles. The molecular formula is C18H17F3N2OS. The van der Waals surface area contributed by atoms with Crippen LogP contribution in [0.5, 0.6) is 0 Å². The Balaban J connectivity index is 1.77. The number of anilines is 1. The van der Waals surface area contributed by atoms with Crippen molar-refractivity contribution < 1.29 is 18.0 Å². The standard InChI is InChI=1S/C18H17F3N2OS/c19-18(20,21)14-7-5-6-13(12-14)17(24)22-15-8-1-2-9-16(15)25-23-10-3-4-11-23/h1-2,5-9,12H,3-4,10-11H2,(H,22,24). The summed E-state index contributed by atoms with van der Waals surface area (Å²) in [7, 11) is 0. The highest BCUT2D eigenvalue weighted by Crippen LogP contribution is 2.33. The topological polar surface area (TPSA) is 32.3 Å². The molecule has 0 aromatic heterocycles. The van der Waals surface area contributed by atoms with Gasteiger partial charge in [-0.25, -0.2) is 4.31 Å². The number of hydrogen-bond acceptors (Lipinski definition) is 3. The normalized spacial score (nSPS) is 15.3. The van der Waals surface area contributed by atoms with Crippen molar-refractivity contribution in [3.8, 4) is 0 Å². The molecule has 0 radical (unpaired) electrons. The second-order valence-corrected chi connectivity index (χ2v) is 6.90. The Morgan fingerprint density at radius 2 is 1.76 bits per heavy atom. The molecule has 0 aliphatic carbocycles. The molecule has 1 amide bonds. The van der Waals surface area contributed by atoms with Crippen molar-refractivity contribution in [3.05, 3.63) is 59.7 Å². The first kappa shape index (κ1) is 17.8. The lowest BCUT2D eigenvalue weighted by Gasteiger charge is -2.16. The Morgan fingerprint density at radius 1 is 1.04 bits per heavy atom. The number of halogens is 3. The lowest BCUT2D eigenvalue weighted by atomic mass is 10.1. The average Bonchev–Trinajstić information content (AvgIpc) is 3.09. The zero-order valence-electron chi connectivity index (χ0n) is 13.3. The molecule has 25 heavy (non-hydrogen) atoms. The fourth-order valence-electron chi connectivity index (χ4n) is 2.60. The van der Waals surface area contributed by atoms with Crippen LogP contribution in [0.2, 0.25) is 0 Å². The number of amides is 1. The van der Waals surface area contributed by atoms with Crippen LogP contribution in [0.25, 0.3) is 0 Å². The Bertz CT molecular complexity index is 758. The van der Waals surface area contributed by atoms with Gasteiger partial charge in [0.2, 0.25) is 0 Å². The minimum absolute atomic E-state index is 0.0178. The number of nitrogens with zero attached hydrogens (tertiary/aromatic N) is 1. The summed E-state index contributed by atoms with van der Waals surface area (Å²) in [4.78, 5) is 13.3. The third-order valence-electron chi connectivity index (χ3n) is 3.88. The predicted molar refractivity (Wildman–Crippen MR) is 92.5 cm³/mol. The van der Waals surface area contributed by atoms with Crippen molar-refractivity contribution in [1.29, 1.82) is 0 Å². The van der Waals surface area contributed by atoms with E-state index in [-0.39, 0.29) is 5.56 Å². The average molecular weight is 366 g/mol. The van der Waals surface area contributed by atoms with Gasteiger partial charge in [-0.1, -0.05) is 18.2 Å². The van der Waals surface area contributed by atoms with Crippen molar-refractivity contribution in [2.75, 3.05) is 18.4 Å². The van der Waals surface area contributed by atoms with Crippen LogP contribution in [-0.4, -0.2) is 23.3 Å². The Morgan fingerprint density at radius 3 is 2.48 bits per heavy atom. The summed E-state index contributed by atoms with van der Waals surface area (Å²) in [5.74, 6) is -0.555. The zero-order valence-corrected chi connectivity index (χ0v) is 14.2. The summed E-state index contributed by atoms with van der Waals surface area (Å²) in [5.41, 5.74) is -0.252. The number of benzene rings is 2. The maximum absolute atomic E-state index is 12.8. The molecule has 1 saturated heterocycles. The summed E-state index contributed by atoms with van der Waals surface area (Å²) >= 11 is 1.56. The molecule has 7 heteroatoms. The van der Waals surface area contributed by atoms with Gasteiger partial charge in [-0.3, -0.25) is 4.79 Å². The van der Waals surface area contributed by atoms with Crippen molar-refractivity contribution in [2.24, 2.45) is 0 Å². The molecule has 1 aliphatic heterocycles. The van der Waals surface area contributed by atoms with E-state index in [0.717, 1.165) is 43.0 Å². The lowest BCUT2D eigenvalue weighted by Crippen LogP contribution is -2.15. The third kappa shape index (κ3) is 4.55. The summed E-state index contributed by atoms with van der Waals surface area (Å²) in [5, 5.41) is 2.73. The molecule has 1 heterocycles. The monoisotopic (exact) mass is 366 g/mol. The summed E-state index contributed by atoms with van der Waals surface area (Å²) in [6, 6.07) is 11.7. The van der Waals surface area contributed by atoms with Crippen LogP contribution < -0.4 is 5.32 Å². The largest absolute Gasteiger partial charge is 0.416 e. The van der Waals surface area contributed by atoms with Crippen LogP contribution in [0, 0.1) is 0 Å². The van der Waals surface area contributed by atoms with Gasteiger partial charge in [0.05, 0.1) is 11.3 Å². The van der Waals surface area contributed by atoms with Crippen LogP contribution >= 0.6 is 11.9 Å². The molecule has 3 rings (SSSR count). The van der Waals surface area contributed by atoms with Gasteiger partial charge in [-0.05, 0) is 55.1 Å². The maximum atomic E-state index is 12.8. The number of hydrogen-bond donors (Lipinski definition) is 1. The van der Waals surface area contributed by atoms with Gasteiger partial charge in [0.1, 0.15) is 0 Å². The van der Waals surface area contributed by atoms with Crippen LogP contribution in [0.3, 0.4) is 0 Å². The molecule has 1 fully saturated rings. The Hall–Kier alpha value is -1.99. The van der Waals surface area contributed by atoms with E-state index < -0.39 is 17.6 Å². The molecule has 0 atom stereocenters. The van der Waals surface area contributed by atoms with Gasteiger partial charge < -0.3 is 5.32 Å². The second kappa shape index (κ2) is 7.49. The van der Waals surface area contributed by atoms with E-state index in [1.165, 1.54) is 12.1 Å². The number of carbonyl (C=O) groups excluding carboxylic acids is 1. The molecule has 0 bridgehead atoms. The summed E-state index contributed by atoms with van der Waals surface area (Å²) < 4.78 is 40.6. The van der Waals surface area contributed by atoms with E-state index in [2.05, 4.69) is 9.62 Å². The van der Waals surface area contributed by atoms with Crippen molar-refractivity contribution in [1.82, 2.24) is 4.31 Å². The molecule has 1 aliphatic rings. The van der Waals surface area contributed by atoms with E-state index in [0.29, 0.717) is 5.69 Å². The van der Waals surface area contributed by atoms with Crippen molar-refractivity contribution in [3.63, 3.8) is 0 Å². The van der Waals surface area contributed by atoms with E-state index in [1.54, 1.807) is 24.1 Å². The van der Waals surface area contributed by atoms with Crippen LogP contribution in [0.15, 0.2) is 53.4 Å². The predicted octanol–water partition coefficient (Wildman–Crippen LogP) is 5.06. The van der Waals surface area contributed by atoms with Gasteiger partial charge in [0, 0.05) is 23.5 Å². The summed E-state index contributed by atoms with van der Waals surface area (Å²) in [6.07, 6.45) is -2.18. The van der Waals surface area contributed by atoms with Crippen molar-refractivity contribution >= 4 is 23.5 Å². The first-order valence-electron chi connectivity index (χ1n) is 7.94. The Kier molecular flexibility index (Phi) is 5.34. The smallest absolute Gasteiger partial charge is 0.321 e. The van der Waals surface area contributed by atoms with Crippen LogP contribution in [0.1, 0.15) is 28.8 Å². The minimum atomic E-state index is -4.47. The van der Waals surface area contributed by atoms with Gasteiger partial charge in [-0.15, -0.1) is 0 Å². The number of rotatable bonds is 4. The Labute approximate surface area is 148 Å². The van der Waals surface area contributed by atoms with E-state index in [1.807, 2.05) is 12.1 Å². The fourth-order valence-corrected chi connectivity index (χ4v) is 3.68. The number of nitrogens with one attached hydrogen (secondary N) is 1. The van der Waals surface area contributed by atoms with E-state index >= 15 is 0 Å². The SMILES string of the molecule is O=C(Nc1ccccc1SN1CCCC1)c1cccc(C(F)(F)F)c1. The fraction of sp³-hybridized carbons (Fsp3) is 0.278. The minimum Gasteiger partial charge on any atom is -0.321 e. The number of para-hydroxylation sites is 1. The molecule has 0 spiro atoms. The highest BCUT2D eigenvalue weighted by atomic mass is 32.2. The van der Waals surface area contributed by atoms with Gasteiger partial charge in [0.15, 0.2) is 0 Å². The first-order valence-corrected chi connectivity index (χ1v) is 8.71. The first-order chi connectivity index (χ1) is 11.9. The summed E-state index contributed by atoms with van der Waals surface area (Å²) in [6.45, 7) is 1.97.